The number of halogens is 2. The quantitative estimate of drug-likeness (QED) is 0.526. The first kappa shape index (κ1) is 18.7. The summed E-state index contributed by atoms with van der Waals surface area (Å²) in [5, 5.41) is 7.91. The van der Waals surface area contributed by atoms with Crippen LogP contribution in [0.15, 0.2) is 27.9 Å². The molecular weight excluding hydrogens is 427 g/mol. The zero-order valence-corrected chi connectivity index (χ0v) is 16.9. The number of hydrogen-bond donors (Lipinski definition) is 1. The first-order valence-electron chi connectivity index (χ1n) is 7.93. The van der Waals surface area contributed by atoms with Gasteiger partial charge in [0.1, 0.15) is 6.54 Å². The fourth-order valence-electron chi connectivity index (χ4n) is 2.81. The fraction of sp³-hybridized carbons (Fsp3) is 0.188. The minimum Gasteiger partial charge on any atom is -0.300 e. The molecule has 0 saturated heterocycles. The van der Waals surface area contributed by atoms with Crippen LogP contribution in [-0.4, -0.2) is 29.8 Å². The van der Waals surface area contributed by atoms with Gasteiger partial charge in [-0.05, 0) is 12.1 Å². The molecule has 0 atom stereocenters. The van der Waals surface area contributed by atoms with Crippen molar-refractivity contribution >= 4 is 66.8 Å². The number of amides is 1. The molecule has 0 aliphatic heterocycles. The zero-order valence-electron chi connectivity index (χ0n) is 14.6. The highest BCUT2D eigenvalue weighted by Crippen LogP contribution is 2.32. The smallest absolute Gasteiger partial charge is 0.300 e. The summed E-state index contributed by atoms with van der Waals surface area (Å²) in [6.45, 7) is -0.214. The van der Waals surface area contributed by atoms with Crippen molar-refractivity contribution in [1.82, 2.24) is 23.9 Å². The Morgan fingerprint density at radius 1 is 1.18 bits per heavy atom. The number of fused-ring (bicyclic) bond motifs is 2. The fourth-order valence-corrected chi connectivity index (χ4v) is 4.10. The highest BCUT2D eigenvalue weighted by Gasteiger charge is 2.17. The van der Waals surface area contributed by atoms with Gasteiger partial charge in [0, 0.05) is 14.1 Å². The second kappa shape index (κ2) is 6.73. The van der Waals surface area contributed by atoms with E-state index in [9.17, 15) is 14.4 Å². The lowest BCUT2D eigenvalue weighted by atomic mass is 10.3. The zero-order chi connectivity index (χ0) is 20.2. The molecule has 4 rings (SSSR count). The van der Waals surface area contributed by atoms with E-state index in [1.807, 2.05) is 0 Å². The topological polar surface area (TPSA) is 104 Å². The van der Waals surface area contributed by atoms with Crippen molar-refractivity contribution in [2.75, 3.05) is 5.32 Å². The number of thiazole rings is 1. The average Bonchev–Trinajstić information content (AvgIpc) is 3.22. The van der Waals surface area contributed by atoms with Gasteiger partial charge in [0.25, 0.3) is 5.56 Å². The van der Waals surface area contributed by atoms with Gasteiger partial charge >= 0.3 is 5.69 Å². The number of aromatic nitrogens is 5. The van der Waals surface area contributed by atoms with Crippen LogP contribution >= 0.6 is 34.5 Å². The van der Waals surface area contributed by atoms with Gasteiger partial charge in [-0.3, -0.25) is 18.7 Å². The molecule has 3 heterocycles. The van der Waals surface area contributed by atoms with Crippen molar-refractivity contribution in [2.24, 2.45) is 14.1 Å². The Balaban J connectivity index is 1.64. The van der Waals surface area contributed by atoms with Crippen LogP contribution in [0.2, 0.25) is 10.0 Å². The van der Waals surface area contributed by atoms with E-state index in [1.54, 1.807) is 12.1 Å². The molecule has 0 radical (unpaired) electrons. The standard InChI is InChI=1S/C16H12Cl2N6O3S/c1-22-10-5-19-24(13(10)14(26)23(2)16(22)27)6-12(25)21-15-20-9-3-7(17)8(18)4-11(9)28-15/h3-5H,6H2,1-2H3,(H,20,21,25). The molecule has 9 nitrogen and oxygen atoms in total. The van der Waals surface area contributed by atoms with E-state index >= 15 is 0 Å². The van der Waals surface area contributed by atoms with Crippen molar-refractivity contribution in [1.29, 1.82) is 0 Å². The minimum atomic E-state index is -0.521. The Kier molecular flexibility index (Phi) is 4.48. The summed E-state index contributed by atoms with van der Waals surface area (Å²) in [5.41, 5.74) is 0.150. The van der Waals surface area contributed by atoms with E-state index in [0.29, 0.717) is 26.2 Å². The number of rotatable bonds is 3. The number of hydrogen-bond acceptors (Lipinski definition) is 6. The Hall–Kier alpha value is -2.69. The maximum Gasteiger partial charge on any atom is 0.331 e. The molecule has 144 valence electrons. The van der Waals surface area contributed by atoms with E-state index in [2.05, 4.69) is 15.4 Å². The van der Waals surface area contributed by atoms with E-state index in [4.69, 9.17) is 23.2 Å². The Morgan fingerprint density at radius 3 is 2.64 bits per heavy atom. The van der Waals surface area contributed by atoms with Crippen LogP contribution < -0.4 is 16.6 Å². The minimum absolute atomic E-state index is 0.169. The Bertz CT molecular complexity index is 1340. The van der Waals surface area contributed by atoms with Gasteiger partial charge in [0.15, 0.2) is 10.6 Å². The lowest BCUT2D eigenvalue weighted by molar-refractivity contribution is -0.116. The van der Waals surface area contributed by atoms with Crippen LogP contribution in [0.1, 0.15) is 0 Å². The average molecular weight is 439 g/mol. The van der Waals surface area contributed by atoms with Crippen LogP contribution in [-0.2, 0) is 25.4 Å². The molecule has 0 aliphatic rings. The molecule has 1 amide bonds. The van der Waals surface area contributed by atoms with Crippen LogP contribution in [0, 0.1) is 0 Å². The molecule has 1 N–H and O–H groups in total. The number of carbonyl (C=O) groups is 1. The molecule has 1 aromatic carbocycles. The van der Waals surface area contributed by atoms with E-state index in [1.165, 1.54) is 40.9 Å². The van der Waals surface area contributed by atoms with Gasteiger partial charge < -0.3 is 5.32 Å². The van der Waals surface area contributed by atoms with Gasteiger partial charge in [0.05, 0.1) is 32.0 Å². The summed E-state index contributed by atoms with van der Waals surface area (Å²) in [7, 11) is 2.91. The van der Waals surface area contributed by atoms with Crippen LogP contribution in [0.3, 0.4) is 0 Å². The summed E-state index contributed by atoms with van der Waals surface area (Å²) in [6.07, 6.45) is 1.38. The molecule has 12 heteroatoms. The number of aryl methyl sites for hydroxylation is 1. The van der Waals surface area contributed by atoms with Gasteiger partial charge in [-0.2, -0.15) is 5.10 Å². The molecule has 4 aromatic rings. The van der Waals surface area contributed by atoms with Gasteiger partial charge in [-0.1, -0.05) is 34.5 Å². The Morgan fingerprint density at radius 2 is 1.89 bits per heavy atom. The predicted octanol–water partition coefficient (Wildman–Crippen LogP) is 1.99. The van der Waals surface area contributed by atoms with Crippen molar-refractivity contribution < 1.29 is 4.79 Å². The molecule has 0 saturated carbocycles. The van der Waals surface area contributed by atoms with Crippen molar-refractivity contribution in [3.63, 3.8) is 0 Å². The SMILES string of the molecule is Cn1c(=O)c2c(cnn2CC(=O)Nc2nc3cc(Cl)c(Cl)cc3s2)n(C)c1=O. The van der Waals surface area contributed by atoms with Gasteiger partial charge in [-0.15, -0.1) is 0 Å². The monoisotopic (exact) mass is 438 g/mol. The van der Waals surface area contributed by atoms with E-state index in [-0.39, 0.29) is 12.1 Å². The van der Waals surface area contributed by atoms with Crippen molar-refractivity contribution in [2.45, 2.75) is 6.54 Å². The Labute approximate surface area is 170 Å². The number of benzene rings is 1. The highest BCUT2D eigenvalue weighted by molar-refractivity contribution is 7.22. The first-order chi connectivity index (χ1) is 13.3. The van der Waals surface area contributed by atoms with Gasteiger partial charge in [0.2, 0.25) is 5.91 Å². The molecule has 0 bridgehead atoms. The highest BCUT2D eigenvalue weighted by atomic mass is 35.5. The number of anilines is 1. The molecule has 28 heavy (non-hydrogen) atoms. The molecule has 3 aromatic heterocycles. The number of nitrogens with one attached hydrogen (secondary N) is 1. The van der Waals surface area contributed by atoms with Crippen molar-refractivity contribution in [3.8, 4) is 0 Å². The third kappa shape index (κ3) is 2.99. The molecule has 0 aliphatic carbocycles. The molecule has 0 spiro atoms. The summed E-state index contributed by atoms with van der Waals surface area (Å²) >= 11 is 13.2. The second-order valence-corrected chi connectivity index (χ2v) is 7.89. The lowest BCUT2D eigenvalue weighted by Gasteiger charge is -2.06. The van der Waals surface area contributed by atoms with Crippen LogP contribution in [0.4, 0.5) is 5.13 Å². The summed E-state index contributed by atoms with van der Waals surface area (Å²) in [5.74, 6) is -0.419. The predicted molar refractivity (Wildman–Crippen MR) is 108 cm³/mol. The third-order valence-corrected chi connectivity index (χ3v) is 5.89. The molecular formula is C16H12Cl2N6O3S. The van der Waals surface area contributed by atoms with Crippen LogP contribution in [0.5, 0.6) is 0 Å². The number of carbonyl (C=O) groups excluding carboxylic acids is 1. The normalized spacial score (nSPS) is 11.4. The molecule has 0 fully saturated rings. The first-order valence-corrected chi connectivity index (χ1v) is 9.50. The summed E-state index contributed by atoms with van der Waals surface area (Å²) in [4.78, 5) is 41.2. The van der Waals surface area contributed by atoms with Crippen LogP contribution in [0.25, 0.3) is 21.3 Å². The maximum atomic E-state index is 12.4. The summed E-state index contributed by atoms with van der Waals surface area (Å²) < 4.78 is 4.31. The van der Waals surface area contributed by atoms with Gasteiger partial charge in [-0.25, -0.2) is 14.5 Å². The largest absolute Gasteiger partial charge is 0.331 e. The van der Waals surface area contributed by atoms with Crippen molar-refractivity contribution in [3.05, 3.63) is 49.2 Å². The van der Waals surface area contributed by atoms with E-state index < -0.39 is 17.2 Å². The lowest BCUT2D eigenvalue weighted by Crippen LogP contribution is -2.37. The number of nitrogens with zero attached hydrogens (tertiary/aromatic N) is 5. The second-order valence-electron chi connectivity index (χ2n) is 6.04. The third-order valence-electron chi connectivity index (χ3n) is 4.23. The molecule has 0 unspecified atom stereocenters. The maximum absolute atomic E-state index is 12.4. The van der Waals surface area contributed by atoms with E-state index in [0.717, 1.165) is 9.27 Å². The summed E-state index contributed by atoms with van der Waals surface area (Å²) in [6, 6.07) is 3.30.